The fraction of sp³-hybridized carbons (Fsp3) is 0.200. The van der Waals surface area contributed by atoms with Crippen LogP contribution in [0.4, 0.5) is 5.69 Å². The zero-order chi connectivity index (χ0) is 12.3. The van der Waals surface area contributed by atoms with Crippen LogP contribution < -0.4 is 5.73 Å². The van der Waals surface area contributed by atoms with Crippen LogP contribution in [0.5, 0.6) is 0 Å². The topological polar surface area (TPSA) is 80.4 Å². The highest BCUT2D eigenvalue weighted by Gasteiger charge is 2.25. The van der Waals surface area contributed by atoms with Crippen LogP contribution in [0.25, 0.3) is 0 Å². The Labute approximate surface area is 102 Å². The molecule has 16 heavy (non-hydrogen) atoms. The average molecular weight is 262 g/mol. The number of carbonyl (C=O) groups is 2. The van der Waals surface area contributed by atoms with Gasteiger partial charge in [-0.2, -0.15) is 0 Å². The minimum atomic E-state index is -1.30. The number of carboxylic acid groups (broad SMARTS) is 1. The van der Waals surface area contributed by atoms with Gasteiger partial charge in [0, 0.05) is 10.7 Å². The molecule has 0 bridgehead atoms. The van der Waals surface area contributed by atoms with Crippen LogP contribution in [0, 0.1) is 5.92 Å². The Hall–Kier alpha value is -1.26. The van der Waals surface area contributed by atoms with Crippen molar-refractivity contribution in [2.75, 3.05) is 5.73 Å². The van der Waals surface area contributed by atoms with E-state index in [1.807, 2.05) is 0 Å². The Kier molecular flexibility index (Phi) is 4.15. The molecule has 1 aromatic carbocycles. The summed E-state index contributed by atoms with van der Waals surface area (Å²) < 4.78 is 0. The van der Waals surface area contributed by atoms with Crippen molar-refractivity contribution >= 4 is 40.1 Å². The molecule has 0 aromatic heterocycles. The number of anilines is 1. The van der Waals surface area contributed by atoms with Gasteiger partial charge in [-0.1, -0.05) is 11.6 Å². The quantitative estimate of drug-likeness (QED) is 0.493. The molecule has 0 aliphatic rings. The molecule has 1 rings (SSSR count). The molecule has 3 N–H and O–H groups in total. The second-order valence-corrected chi connectivity index (χ2v) is 4.03. The third-order valence-corrected chi connectivity index (χ3v) is 2.70. The number of rotatable bonds is 4. The van der Waals surface area contributed by atoms with Gasteiger partial charge in [-0.15, -0.1) is 0 Å². The second kappa shape index (κ2) is 5.18. The van der Waals surface area contributed by atoms with Gasteiger partial charge in [-0.3, -0.25) is 9.59 Å². The van der Waals surface area contributed by atoms with E-state index in [1.54, 1.807) is 12.1 Å². The third-order valence-electron chi connectivity index (χ3n) is 2.07. The fourth-order valence-corrected chi connectivity index (χ4v) is 1.60. The third kappa shape index (κ3) is 3.12. The summed E-state index contributed by atoms with van der Waals surface area (Å²) in [5.41, 5.74) is 6.47. The van der Waals surface area contributed by atoms with Crippen LogP contribution in [-0.4, -0.2) is 16.3 Å². The van der Waals surface area contributed by atoms with Gasteiger partial charge in [0.05, 0.1) is 0 Å². The van der Waals surface area contributed by atoms with Crippen LogP contribution >= 0.6 is 23.2 Å². The maximum atomic E-state index is 10.9. The van der Waals surface area contributed by atoms with Crippen molar-refractivity contribution in [2.24, 2.45) is 5.92 Å². The number of carboxylic acids is 1. The summed E-state index contributed by atoms with van der Waals surface area (Å²) >= 11 is 11.0. The summed E-state index contributed by atoms with van der Waals surface area (Å²) in [4.78, 5) is 21.7. The summed E-state index contributed by atoms with van der Waals surface area (Å²) in [6.07, 6.45) is -0.0679. The maximum Gasteiger partial charge on any atom is 0.315 e. The normalized spacial score (nSPS) is 12.1. The van der Waals surface area contributed by atoms with Crippen LogP contribution in [-0.2, 0) is 16.0 Å². The van der Waals surface area contributed by atoms with E-state index in [9.17, 15) is 9.59 Å². The van der Waals surface area contributed by atoms with E-state index < -0.39 is 17.1 Å². The zero-order valence-corrected chi connectivity index (χ0v) is 9.63. The SMILES string of the molecule is Nc1ccc(Cl)c(CC(C(=O)O)C(=O)Cl)c1. The van der Waals surface area contributed by atoms with Crippen molar-refractivity contribution in [3.05, 3.63) is 28.8 Å². The highest BCUT2D eigenvalue weighted by atomic mass is 35.5. The first-order valence-corrected chi connectivity index (χ1v) is 5.13. The molecule has 0 aliphatic carbocycles. The van der Waals surface area contributed by atoms with E-state index >= 15 is 0 Å². The highest BCUT2D eigenvalue weighted by molar-refractivity contribution is 6.65. The van der Waals surface area contributed by atoms with E-state index in [4.69, 9.17) is 34.0 Å². The monoisotopic (exact) mass is 261 g/mol. The first-order valence-electron chi connectivity index (χ1n) is 4.38. The van der Waals surface area contributed by atoms with E-state index in [2.05, 4.69) is 0 Å². The first kappa shape index (κ1) is 12.8. The Morgan fingerprint density at radius 3 is 2.56 bits per heavy atom. The molecule has 1 atom stereocenters. The molecule has 0 saturated heterocycles. The van der Waals surface area contributed by atoms with Crippen molar-refractivity contribution in [1.29, 1.82) is 0 Å². The van der Waals surface area contributed by atoms with Crippen molar-refractivity contribution < 1.29 is 14.7 Å². The highest BCUT2D eigenvalue weighted by Crippen LogP contribution is 2.23. The summed E-state index contributed by atoms with van der Waals surface area (Å²) in [7, 11) is 0. The van der Waals surface area contributed by atoms with Gasteiger partial charge in [0.1, 0.15) is 5.92 Å². The Bertz CT molecular complexity index is 420. The average Bonchev–Trinajstić information content (AvgIpc) is 2.18. The maximum absolute atomic E-state index is 10.9. The van der Waals surface area contributed by atoms with Gasteiger partial charge < -0.3 is 10.8 Å². The molecule has 6 heteroatoms. The van der Waals surface area contributed by atoms with E-state index in [1.165, 1.54) is 6.07 Å². The molecule has 4 nitrogen and oxygen atoms in total. The molecular weight excluding hydrogens is 253 g/mol. The molecule has 0 aliphatic heterocycles. The van der Waals surface area contributed by atoms with Gasteiger partial charge in [-0.25, -0.2) is 0 Å². The summed E-state index contributed by atoms with van der Waals surface area (Å²) in [6.45, 7) is 0. The molecule has 1 aromatic rings. The number of nitrogen functional groups attached to an aromatic ring is 1. The molecule has 0 fully saturated rings. The van der Waals surface area contributed by atoms with Gasteiger partial charge in [0.25, 0.3) is 0 Å². The summed E-state index contributed by atoms with van der Waals surface area (Å²) in [6, 6.07) is 4.66. The predicted molar refractivity (Wildman–Crippen MR) is 61.6 cm³/mol. The molecule has 1 unspecified atom stereocenters. The number of nitrogens with two attached hydrogens (primary N) is 1. The summed E-state index contributed by atoms with van der Waals surface area (Å²) in [5.74, 6) is -2.58. The Morgan fingerprint density at radius 1 is 1.44 bits per heavy atom. The summed E-state index contributed by atoms with van der Waals surface area (Å²) in [5, 5.41) is 8.22. The second-order valence-electron chi connectivity index (χ2n) is 3.25. The van der Waals surface area contributed by atoms with E-state index in [0.29, 0.717) is 16.3 Å². The largest absolute Gasteiger partial charge is 0.481 e. The minimum Gasteiger partial charge on any atom is -0.481 e. The fourth-order valence-electron chi connectivity index (χ4n) is 1.24. The lowest BCUT2D eigenvalue weighted by atomic mass is 10.0. The lowest BCUT2D eigenvalue weighted by molar-refractivity contribution is -0.144. The minimum absolute atomic E-state index is 0.0679. The van der Waals surface area contributed by atoms with Crippen LogP contribution in [0.15, 0.2) is 18.2 Å². The van der Waals surface area contributed by atoms with Gasteiger partial charge in [-0.05, 0) is 41.8 Å². The number of hydrogen-bond acceptors (Lipinski definition) is 3. The lowest BCUT2D eigenvalue weighted by Crippen LogP contribution is -2.22. The molecule has 86 valence electrons. The van der Waals surface area contributed by atoms with Crippen molar-refractivity contribution in [2.45, 2.75) is 6.42 Å². The van der Waals surface area contributed by atoms with E-state index in [0.717, 1.165) is 0 Å². The van der Waals surface area contributed by atoms with E-state index in [-0.39, 0.29) is 6.42 Å². The number of carbonyl (C=O) groups excluding carboxylic acids is 1. The van der Waals surface area contributed by atoms with Gasteiger partial charge in [0.15, 0.2) is 0 Å². The smallest absolute Gasteiger partial charge is 0.315 e. The van der Waals surface area contributed by atoms with Gasteiger partial charge >= 0.3 is 5.97 Å². The number of halogens is 2. The predicted octanol–water partition coefficient (Wildman–Crippen LogP) is 1.93. The number of benzene rings is 1. The number of aliphatic carboxylic acids is 1. The van der Waals surface area contributed by atoms with Crippen molar-refractivity contribution in [3.63, 3.8) is 0 Å². The first-order chi connectivity index (χ1) is 7.41. The Balaban J connectivity index is 2.97. The Morgan fingerprint density at radius 2 is 2.06 bits per heavy atom. The van der Waals surface area contributed by atoms with Crippen LogP contribution in [0.2, 0.25) is 5.02 Å². The molecule has 0 radical (unpaired) electrons. The van der Waals surface area contributed by atoms with Crippen molar-refractivity contribution in [3.8, 4) is 0 Å². The lowest BCUT2D eigenvalue weighted by Gasteiger charge is -2.09. The number of hydrogen-bond donors (Lipinski definition) is 2. The van der Waals surface area contributed by atoms with Crippen LogP contribution in [0.3, 0.4) is 0 Å². The molecule has 0 saturated carbocycles. The van der Waals surface area contributed by atoms with Crippen LogP contribution in [0.1, 0.15) is 5.56 Å². The molecule has 0 heterocycles. The molecular formula is C10H9Cl2NO3. The van der Waals surface area contributed by atoms with Gasteiger partial charge in [0.2, 0.25) is 5.24 Å². The standard InChI is InChI=1S/C10H9Cl2NO3/c11-8-2-1-6(13)3-5(8)4-7(9(12)14)10(15)16/h1-3,7H,4,13H2,(H,15,16). The molecule has 0 amide bonds. The van der Waals surface area contributed by atoms with Crippen molar-refractivity contribution in [1.82, 2.24) is 0 Å². The zero-order valence-electron chi connectivity index (χ0n) is 8.11. The molecule has 0 spiro atoms.